The van der Waals surface area contributed by atoms with Crippen LogP contribution in [0, 0.1) is 11.6 Å². The predicted octanol–water partition coefficient (Wildman–Crippen LogP) is 2.80. The summed E-state index contributed by atoms with van der Waals surface area (Å²) in [4.78, 5) is 2.54. The van der Waals surface area contributed by atoms with E-state index in [4.69, 9.17) is 5.14 Å². The molecule has 0 amide bonds. The SMILES string of the molecule is NS(=O)(=O)c1c(F)cc(-c2cc(C(F)F)nn2-c2cccnc2)cc1F. The van der Waals surface area contributed by atoms with Crippen LogP contribution in [0.3, 0.4) is 0 Å². The number of nitrogens with two attached hydrogens (primary N) is 1. The first-order valence-electron chi connectivity index (χ1n) is 6.99. The average Bonchev–Trinajstić information content (AvgIpc) is 2.99. The molecule has 136 valence electrons. The molecule has 0 saturated heterocycles. The smallest absolute Gasteiger partial charge is 0.262 e. The summed E-state index contributed by atoms with van der Waals surface area (Å²) in [6.07, 6.45) is -0.164. The molecule has 0 atom stereocenters. The van der Waals surface area contributed by atoms with E-state index in [2.05, 4.69) is 10.1 Å². The van der Waals surface area contributed by atoms with Gasteiger partial charge in [0.1, 0.15) is 17.3 Å². The lowest BCUT2D eigenvalue weighted by Crippen LogP contribution is -2.16. The fraction of sp³-hybridized carbons (Fsp3) is 0.0667. The summed E-state index contributed by atoms with van der Waals surface area (Å²) in [5.41, 5.74) is -0.631. The van der Waals surface area contributed by atoms with Crippen LogP contribution in [0.1, 0.15) is 12.1 Å². The summed E-state index contributed by atoms with van der Waals surface area (Å²) in [5.74, 6) is -2.89. The molecule has 0 unspecified atom stereocenters. The van der Waals surface area contributed by atoms with Crippen molar-refractivity contribution in [1.82, 2.24) is 14.8 Å². The quantitative estimate of drug-likeness (QED) is 0.698. The molecule has 0 fully saturated rings. The van der Waals surface area contributed by atoms with Gasteiger partial charge in [0, 0.05) is 11.8 Å². The molecule has 0 spiro atoms. The lowest BCUT2D eigenvalue weighted by Gasteiger charge is -2.09. The highest BCUT2D eigenvalue weighted by Gasteiger charge is 2.24. The molecule has 3 rings (SSSR count). The Morgan fingerprint density at radius 1 is 1.12 bits per heavy atom. The monoisotopic (exact) mass is 386 g/mol. The lowest BCUT2D eigenvalue weighted by molar-refractivity contribution is 0.145. The van der Waals surface area contributed by atoms with Crippen molar-refractivity contribution in [2.75, 3.05) is 0 Å². The van der Waals surface area contributed by atoms with Gasteiger partial charge in [0.25, 0.3) is 6.43 Å². The maximum Gasteiger partial charge on any atom is 0.282 e. The summed E-state index contributed by atoms with van der Waals surface area (Å²) in [5, 5.41) is 8.50. The Hall–Kier alpha value is -2.79. The molecule has 2 N–H and O–H groups in total. The van der Waals surface area contributed by atoms with E-state index in [0.717, 1.165) is 10.7 Å². The minimum Gasteiger partial charge on any atom is -0.262 e. The van der Waals surface area contributed by atoms with Gasteiger partial charge in [-0.1, -0.05) is 0 Å². The van der Waals surface area contributed by atoms with Crippen molar-refractivity contribution in [2.45, 2.75) is 11.3 Å². The van der Waals surface area contributed by atoms with Crippen LogP contribution in [-0.2, 0) is 10.0 Å². The normalized spacial score (nSPS) is 11.9. The maximum atomic E-state index is 14.1. The highest BCUT2D eigenvalue weighted by molar-refractivity contribution is 7.89. The first-order chi connectivity index (χ1) is 12.2. The molecule has 6 nitrogen and oxygen atoms in total. The second kappa shape index (κ2) is 6.50. The van der Waals surface area contributed by atoms with Crippen LogP contribution in [0.25, 0.3) is 16.9 Å². The second-order valence-electron chi connectivity index (χ2n) is 5.19. The summed E-state index contributed by atoms with van der Waals surface area (Å²) >= 11 is 0. The summed E-state index contributed by atoms with van der Waals surface area (Å²) < 4.78 is 77.9. The number of halogens is 4. The predicted molar refractivity (Wildman–Crippen MR) is 83.0 cm³/mol. The molecule has 3 aromatic rings. The van der Waals surface area contributed by atoms with Crippen LogP contribution in [0.4, 0.5) is 17.6 Å². The van der Waals surface area contributed by atoms with Crippen molar-refractivity contribution in [3.63, 3.8) is 0 Å². The Kier molecular flexibility index (Phi) is 4.50. The number of hydrogen-bond donors (Lipinski definition) is 1. The van der Waals surface area contributed by atoms with Gasteiger partial charge >= 0.3 is 0 Å². The number of rotatable bonds is 4. The van der Waals surface area contributed by atoms with Crippen molar-refractivity contribution in [1.29, 1.82) is 0 Å². The van der Waals surface area contributed by atoms with Gasteiger partial charge in [-0.15, -0.1) is 0 Å². The summed E-state index contributed by atoms with van der Waals surface area (Å²) in [7, 11) is -4.64. The third-order valence-electron chi connectivity index (χ3n) is 3.42. The van der Waals surface area contributed by atoms with Crippen LogP contribution >= 0.6 is 0 Å². The van der Waals surface area contributed by atoms with E-state index in [1.807, 2.05) is 0 Å². The van der Waals surface area contributed by atoms with Crippen molar-refractivity contribution in [2.24, 2.45) is 5.14 Å². The largest absolute Gasteiger partial charge is 0.282 e. The Morgan fingerprint density at radius 3 is 2.27 bits per heavy atom. The van der Waals surface area contributed by atoms with Crippen LogP contribution in [0.5, 0.6) is 0 Å². The Bertz CT molecular complexity index is 1050. The van der Waals surface area contributed by atoms with Gasteiger partial charge < -0.3 is 0 Å². The summed E-state index contributed by atoms with van der Waals surface area (Å²) in [6.45, 7) is 0. The Morgan fingerprint density at radius 2 is 1.77 bits per heavy atom. The zero-order valence-electron chi connectivity index (χ0n) is 12.8. The van der Waals surface area contributed by atoms with E-state index in [9.17, 15) is 26.0 Å². The zero-order valence-corrected chi connectivity index (χ0v) is 13.6. The number of sulfonamides is 1. The van der Waals surface area contributed by atoms with Crippen molar-refractivity contribution in [3.05, 3.63) is 60.1 Å². The second-order valence-corrected chi connectivity index (χ2v) is 6.69. The number of hydrogen-bond acceptors (Lipinski definition) is 4. The number of pyridine rings is 1. The van der Waals surface area contributed by atoms with E-state index in [0.29, 0.717) is 12.1 Å². The molecular weight excluding hydrogens is 376 g/mol. The number of nitrogens with zero attached hydrogens (tertiary/aromatic N) is 3. The van der Waals surface area contributed by atoms with Gasteiger partial charge in [0.05, 0.1) is 17.6 Å². The van der Waals surface area contributed by atoms with Crippen LogP contribution in [0.15, 0.2) is 47.6 Å². The van der Waals surface area contributed by atoms with Gasteiger partial charge in [-0.2, -0.15) is 5.10 Å². The molecule has 11 heteroatoms. The van der Waals surface area contributed by atoms with Crippen molar-refractivity contribution >= 4 is 10.0 Å². The third kappa shape index (κ3) is 3.30. The molecule has 0 aliphatic carbocycles. The molecular formula is C15H10F4N4O2S. The number of primary sulfonamides is 1. The molecule has 2 heterocycles. The standard InChI is InChI=1S/C15H10F4N4O2S/c16-10-4-8(5-11(17)14(10)26(20,24)25)13-6-12(15(18)19)22-23(13)9-2-1-3-21-7-9/h1-7,15H,(H2,20,24,25). The maximum absolute atomic E-state index is 14.1. The minimum absolute atomic E-state index is 0.0768. The number of aromatic nitrogens is 3. The topological polar surface area (TPSA) is 90.9 Å². The minimum atomic E-state index is -4.64. The Labute approximate surface area is 145 Å². The van der Waals surface area contributed by atoms with Crippen LogP contribution in [-0.4, -0.2) is 23.2 Å². The van der Waals surface area contributed by atoms with Crippen LogP contribution < -0.4 is 5.14 Å². The molecule has 26 heavy (non-hydrogen) atoms. The molecule has 1 aromatic carbocycles. The fourth-order valence-electron chi connectivity index (χ4n) is 2.37. The third-order valence-corrected chi connectivity index (χ3v) is 4.38. The van der Waals surface area contributed by atoms with E-state index in [1.54, 1.807) is 0 Å². The van der Waals surface area contributed by atoms with E-state index < -0.39 is 38.7 Å². The molecule has 0 radical (unpaired) electrons. The fourth-order valence-corrected chi connectivity index (χ4v) is 3.03. The van der Waals surface area contributed by atoms with E-state index in [1.165, 1.54) is 24.5 Å². The summed E-state index contributed by atoms with van der Waals surface area (Å²) in [6, 6.07) is 5.34. The molecule has 0 bridgehead atoms. The Balaban J connectivity index is 2.24. The van der Waals surface area contributed by atoms with Gasteiger partial charge in [-0.05, 0) is 30.3 Å². The van der Waals surface area contributed by atoms with Crippen molar-refractivity contribution in [3.8, 4) is 16.9 Å². The van der Waals surface area contributed by atoms with Crippen molar-refractivity contribution < 1.29 is 26.0 Å². The van der Waals surface area contributed by atoms with Gasteiger partial charge in [0.15, 0.2) is 4.90 Å². The van der Waals surface area contributed by atoms with E-state index in [-0.39, 0.29) is 16.9 Å². The number of benzene rings is 1. The van der Waals surface area contributed by atoms with Gasteiger partial charge in [0.2, 0.25) is 10.0 Å². The zero-order chi connectivity index (χ0) is 19.1. The molecule has 2 aromatic heterocycles. The van der Waals surface area contributed by atoms with Gasteiger partial charge in [-0.25, -0.2) is 35.8 Å². The molecule has 0 aliphatic rings. The highest BCUT2D eigenvalue weighted by atomic mass is 32.2. The highest BCUT2D eigenvalue weighted by Crippen LogP contribution is 2.31. The van der Waals surface area contributed by atoms with Gasteiger partial charge in [-0.3, -0.25) is 4.98 Å². The van der Waals surface area contributed by atoms with Crippen LogP contribution in [0.2, 0.25) is 0 Å². The van der Waals surface area contributed by atoms with E-state index >= 15 is 0 Å². The first-order valence-corrected chi connectivity index (χ1v) is 8.54. The first kappa shape index (κ1) is 18.0. The molecule has 0 aliphatic heterocycles. The molecule has 0 saturated carbocycles. The average molecular weight is 386 g/mol. The number of alkyl halides is 2. The lowest BCUT2D eigenvalue weighted by atomic mass is 10.1.